The van der Waals surface area contributed by atoms with Crippen LogP contribution in [-0.2, 0) is 11.2 Å². The Kier molecular flexibility index (Phi) is 4.60. The zero-order chi connectivity index (χ0) is 14.4. The lowest BCUT2D eigenvalue weighted by molar-refractivity contribution is -0.313. The molecule has 0 aromatic heterocycles. The van der Waals surface area contributed by atoms with E-state index in [0.717, 1.165) is 5.56 Å². The summed E-state index contributed by atoms with van der Waals surface area (Å²) >= 11 is 0. The summed E-state index contributed by atoms with van der Waals surface area (Å²) in [5, 5.41) is 11.2. The van der Waals surface area contributed by atoms with Crippen molar-refractivity contribution in [3.63, 3.8) is 0 Å². The third-order valence-corrected chi connectivity index (χ3v) is 2.86. The molecule has 0 amide bonds. The molecule has 0 aliphatic heterocycles. The number of ether oxygens (including phenoxy) is 2. The minimum Gasteiger partial charge on any atom is -0.546 e. The van der Waals surface area contributed by atoms with Crippen LogP contribution < -0.4 is 14.6 Å². The Hall–Kier alpha value is -2.49. The number of methoxy groups -OCH3 is 1. The zero-order valence-electron chi connectivity index (χ0n) is 11.1. The minimum atomic E-state index is -1.23. The van der Waals surface area contributed by atoms with E-state index in [-0.39, 0.29) is 6.42 Å². The van der Waals surface area contributed by atoms with Crippen molar-refractivity contribution in [3.8, 4) is 11.5 Å². The molecule has 104 valence electrons. The topological polar surface area (TPSA) is 58.6 Å². The van der Waals surface area contributed by atoms with E-state index in [1.165, 1.54) is 0 Å². The number of benzene rings is 2. The van der Waals surface area contributed by atoms with E-state index in [9.17, 15) is 9.90 Å². The maximum absolute atomic E-state index is 11.2. The Bertz CT molecular complexity index is 548. The summed E-state index contributed by atoms with van der Waals surface area (Å²) in [6.45, 7) is 0. The third kappa shape index (κ3) is 3.75. The van der Waals surface area contributed by atoms with Crippen LogP contribution in [0.5, 0.6) is 11.5 Å². The predicted molar refractivity (Wildman–Crippen MR) is 72.6 cm³/mol. The first-order valence-corrected chi connectivity index (χ1v) is 6.24. The van der Waals surface area contributed by atoms with E-state index in [1.807, 2.05) is 30.3 Å². The second-order valence-electron chi connectivity index (χ2n) is 4.29. The molecule has 0 bridgehead atoms. The summed E-state index contributed by atoms with van der Waals surface area (Å²) in [4.78, 5) is 11.2. The summed E-state index contributed by atoms with van der Waals surface area (Å²) < 4.78 is 10.5. The number of hydrogen-bond acceptors (Lipinski definition) is 4. The Labute approximate surface area is 117 Å². The van der Waals surface area contributed by atoms with Gasteiger partial charge in [0.05, 0.1) is 13.1 Å². The van der Waals surface area contributed by atoms with Crippen LogP contribution in [-0.4, -0.2) is 19.2 Å². The number of carbonyl (C=O) groups excluding carboxylic acids is 1. The molecule has 1 unspecified atom stereocenters. The lowest BCUT2D eigenvalue weighted by Gasteiger charge is -2.20. The van der Waals surface area contributed by atoms with Crippen molar-refractivity contribution < 1.29 is 19.4 Å². The van der Waals surface area contributed by atoms with Crippen LogP contribution in [0.25, 0.3) is 0 Å². The smallest absolute Gasteiger partial charge is 0.142 e. The first kappa shape index (κ1) is 13.9. The van der Waals surface area contributed by atoms with Crippen molar-refractivity contribution in [1.29, 1.82) is 0 Å². The van der Waals surface area contributed by atoms with Gasteiger partial charge in [-0.25, -0.2) is 0 Å². The quantitative estimate of drug-likeness (QED) is 0.797. The van der Waals surface area contributed by atoms with Crippen LogP contribution in [0.2, 0.25) is 0 Å². The summed E-state index contributed by atoms with van der Waals surface area (Å²) in [5.74, 6) is -0.0778. The lowest BCUT2D eigenvalue weighted by Crippen LogP contribution is -2.41. The van der Waals surface area contributed by atoms with Crippen LogP contribution in [0, 0.1) is 0 Å². The van der Waals surface area contributed by atoms with Crippen LogP contribution in [0.15, 0.2) is 54.6 Å². The van der Waals surface area contributed by atoms with Crippen LogP contribution in [0.3, 0.4) is 0 Å². The summed E-state index contributed by atoms with van der Waals surface area (Å²) in [7, 11) is 1.56. The molecule has 0 heterocycles. The highest BCUT2D eigenvalue weighted by atomic mass is 16.5. The Balaban J connectivity index is 2.07. The normalized spacial score (nSPS) is 11.7. The average Bonchev–Trinajstić information content (AvgIpc) is 2.48. The van der Waals surface area contributed by atoms with Crippen molar-refractivity contribution >= 4 is 5.97 Å². The molecule has 0 saturated heterocycles. The molecule has 20 heavy (non-hydrogen) atoms. The van der Waals surface area contributed by atoms with E-state index in [1.54, 1.807) is 31.4 Å². The highest BCUT2D eigenvalue weighted by Crippen LogP contribution is 2.19. The second-order valence-corrected chi connectivity index (χ2v) is 4.29. The number of carbonyl (C=O) groups is 1. The Morgan fingerprint density at radius 3 is 2.20 bits per heavy atom. The van der Waals surface area contributed by atoms with Crippen molar-refractivity contribution in [2.45, 2.75) is 12.5 Å². The van der Waals surface area contributed by atoms with Crippen LogP contribution in [0.4, 0.5) is 0 Å². The fourth-order valence-electron chi connectivity index (χ4n) is 1.82. The monoisotopic (exact) mass is 271 g/mol. The number of carboxylic acid groups (broad SMARTS) is 1. The summed E-state index contributed by atoms with van der Waals surface area (Å²) in [5.41, 5.74) is 0.884. The molecule has 0 aliphatic rings. The van der Waals surface area contributed by atoms with Crippen molar-refractivity contribution in [2.24, 2.45) is 0 Å². The van der Waals surface area contributed by atoms with E-state index in [0.29, 0.717) is 11.5 Å². The maximum Gasteiger partial charge on any atom is 0.142 e. The van der Waals surface area contributed by atoms with E-state index >= 15 is 0 Å². The molecule has 2 aromatic carbocycles. The van der Waals surface area contributed by atoms with Crippen LogP contribution >= 0.6 is 0 Å². The first-order chi connectivity index (χ1) is 9.69. The van der Waals surface area contributed by atoms with E-state index in [4.69, 9.17) is 9.47 Å². The molecule has 1 atom stereocenters. The van der Waals surface area contributed by atoms with Gasteiger partial charge in [0.1, 0.15) is 17.6 Å². The number of carboxylic acids is 1. The standard InChI is InChI=1S/C16H16O4/c1-19-13-7-9-14(10-8-13)20-15(16(17)18)11-12-5-3-2-4-6-12/h2-10,15H,11H2,1H3,(H,17,18)/p-1. The first-order valence-electron chi connectivity index (χ1n) is 6.24. The Morgan fingerprint density at radius 1 is 1.05 bits per heavy atom. The van der Waals surface area contributed by atoms with Gasteiger partial charge in [-0.05, 0) is 29.8 Å². The van der Waals surface area contributed by atoms with E-state index < -0.39 is 12.1 Å². The van der Waals surface area contributed by atoms with Gasteiger partial charge >= 0.3 is 0 Å². The zero-order valence-corrected chi connectivity index (χ0v) is 11.1. The molecule has 0 N–H and O–H groups in total. The van der Waals surface area contributed by atoms with Gasteiger partial charge in [0.2, 0.25) is 0 Å². The highest BCUT2D eigenvalue weighted by molar-refractivity contribution is 5.71. The highest BCUT2D eigenvalue weighted by Gasteiger charge is 2.13. The number of rotatable bonds is 6. The molecule has 0 spiro atoms. The SMILES string of the molecule is COc1ccc(OC(Cc2ccccc2)C(=O)[O-])cc1. The molecule has 0 aliphatic carbocycles. The number of hydrogen-bond donors (Lipinski definition) is 0. The van der Waals surface area contributed by atoms with Gasteiger partial charge in [-0.2, -0.15) is 0 Å². The fraction of sp³-hybridized carbons (Fsp3) is 0.188. The maximum atomic E-state index is 11.2. The summed E-state index contributed by atoms with van der Waals surface area (Å²) in [6.07, 6.45) is -0.763. The molecular weight excluding hydrogens is 256 g/mol. The van der Waals surface area contributed by atoms with Crippen molar-refractivity contribution in [1.82, 2.24) is 0 Å². The molecule has 0 fully saturated rings. The average molecular weight is 271 g/mol. The fourth-order valence-corrected chi connectivity index (χ4v) is 1.82. The van der Waals surface area contributed by atoms with E-state index in [2.05, 4.69) is 0 Å². The number of aliphatic carboxylic acids is 1. The van der Waals surface area contributed by atoms with Gasteiger partial charge < -0.3 is 19.4 Å². The van der Waals surface area contributed by atoms with Crippen molar-refractivity contribution in [2.75, 3.05) is 7.11 Å². The molecular formula is C16H15O4-. The summed E-state index contributed by atoms with van der Waals surface area (Å²) in [6, 6.07) is 16.1. The van der Waals surface area contributed by atoms with Gasteiger partial charge in [0.25, 0.3) is 0 Å². The third-order valence-electron chi connectivity index (χ3n) is 2.86. The van der Waals surface area contributed by atoms with Gasteiger partial charge in [-0.1, -0.05) is 30.3 Å². The molecule has 4 nitrogen and oxygen atoms in total. The minimum absolute atomic E-state index is 0.259. The Morgan fingerprint density at radius 2 is 1.65 bits per heavy atom. The van der Waals surface area contributed by atoms with Gasteiger partial charge in [0.15, 0.2) is 0 Å². The molecule has 2 rings (SSSR count). The van der Waals surface area contributed by atoms with Gasteiger partial charge in [-0.15, -0.1) is 0 Å². The van der Waals surface area contributed by atoms with Gasteiger partial charge in [0, 0.05) is 6.42 Å². The molecule has 0 radical (unpaired) electrons. The molecule has 0 saturated carbocycles. The predicted octanol–water partition coefficient (Wildman–Crippen LogP) is 1.44. The lowest BCUT2D eigenvalue weighted by atomic mass is 10.1. The van der Waals surface area contributed by atoms with Crippen LogP contribution in [0.1, 0.15) is 5.56 Å². The second kappa shape index (κ2) is 6.61. The largest absolute Gasteiger partial charge is 0.546 e. The molecule has 2 aromatic rings. The van der Waals surface area contributed by atoms with Crippen molar-refractivity contribution in [3.05, 3.63) is 60.2 Å². The van der Waals surface area contributed by atoms with Gasteiger partial charge in [-0.3, -0.25) is 0 Å². The molecule has 4 heteroatoms.